The molecule has 0 aliphatic carbocycles. The minimum Gasteiger partial charge on any atom is -0.364 e. The monoisotopic (exact) mass is 278 g/mol. The highest BCUT2D eigenvalue weighted by Gasteiger charge is 2.22. The Morgan fingerprint density at radius 2 is 2.10 bits per heavy atom. The van der Waals surface area contributed by atoms with E-state index in [0.717, 1.165) is 0 Å². The van der Waals surface area contributed by atoms with Gasteiger partial charge in [0.2, 0.25) is 11.6 Å². The molecule has 0 spiro atoms. The Labute approximate surface area is 114 Å². The minimum atomic E-state index is -0.504. The zero-order valence-electron chi connectivity index (χ0n) is 10.9. The smallest absolute Gasteiger partial charge is 0.353 e. The summed E-state index contributed by atoms with van der Waals surface area (Å²) in [6.07, 6.45) is 4.55. The summed E-state index contributed by atoms with van der Waals surface area (Å²) in [7, 11) is 0. The number of nitro groups is 1. The molecule has 10 nitrogen and oxygen atoms in total. The molecule has 2 heterocycles. The van der Waals surface area contributed by atoms with Gasteiger partial charge in [0.25, 0.3) is 0 Å². The van der Waals surface area contributed by atoms with Gasteiger partial charge in [0.15, 0.2) is 0 Å². The lowest BCUT2D eigenvalue weighted by Gasteiger charge is -2.08. The van der Waals surface area contributed by atoms with Crippen molar-refractivity contribution < 1.29 is 4.92 Å². The van der Waals surface area contributed by atoms with E-state index in [9.17, 15) is 10.1 Å². The van der Waals surface area contributed by atoms with Crippen molar-refractivity contribution in [1.29, 1.82) is 0 Å². The molecule has 0 bridgehead atoms. The molecule has 10 heteroatoms. The molecule has 0 aliphatic heterocycles. The lowest BCUT2D eigenvalue weighted by molar-refractivity contribution is -0.383. The van der Waals surface area contributed by atoms with Crippen LogP contribution >= 0.6 is 0 Å². The summed E-state index contributed by atoms with van der Waals surface area (Å²) in [5.41, 5.74) is -0.159. The summed E-state index contributed by atoms with van der Waals surface area (Å²) in [6, 6.07) is 0. The molecule has 0 saturated carbocycles. The highest BCUT2D eigenvalue weighted by atomic mass is 16.6. The Morgan fingerprint density at radius 3 is 2.70 bits per heavy atom. The topological polar surface area (TPSA) is 124 Å². The predicted molar refractivity (Wildman–Crippen MR) is 71.4 cm³/mol. The molecule has 0 aromatic carbocycles. The van der Waals surface area contributed by atoms with Crippen molar-refractivity contribution in [3.05, 3.63) is 28.8 Å². The number of hydrogen-bond acceptors (Lipinski definition) is 8. The van der Waals surface area contributed by atoms with E-state index >= 15 is 0 Å². The highest BCUT2D eigenvalue weighted by molar-refractivity contribution is 5.69. The van der Waals surface area contributed by atoms with Gasteiger partial charge in [-0.1, -0.05) is 5.21 Å². The van der Waals surface area contributed by atoms with E-state index in [-0.39, 0.29) is 17.3 Å². The van der Waals surface area contributed by atoms with Gasteiger partial charge in [-0.15, -0.1) is 5.10 Å². The second-order valence-electron chi connectivity index (χ2n) is 3.80. The first-order valence-corrected chi connectivity index (χ1v) is 6.03. The molecule has 2 N–H and O–H groups in total. The number of rotatable bonds is 7. The van der Waals surface area contributed by atoms with Gasteiger partial charge < -0.3 is 10.6 Å². The van der Waals surface area contributed by atoms with Crippen molar-refractivity contribution in [3.8, 4) is 0 Å². The van der Waals surface area contributed by atoms with Gasteiger partial charge in [-0.2, -0.15) is 0 Å². The van der Waals surface area contributed by atoms with Crippen LogP contribution in [0.5, 0.6) is 0 Å². The third kappa shape index (κ3) is 3.16. The zero-order chi connectivity index (χ0) is 14.4. The van der Waals surface area contributed by atoms with Crippen molar-refractivity contribution in [2.45, 2.75) is 13.5 Å². The van der Waals surface area contributed by atoms with E-state index in [4.69, 9.17) is 0 Å². The summed E-state index contributed by atoms with van der Waals surface area (Å²) in [4.78, 5) is 18.4. The van der Waals surface area contributed by atoms with Gasteiger partial charge in [0, 0.05) is 19.3 Å². The summed E-state index contributed by atoms with van der Waals surface area (Å²) in [6.45, 7) is 3.34. The largest absolute Gasteiger partial charge is 0.364 e. The van der Waals surface area contributed by atoms with Gasteiger partial charge in [-0.3, -0.25) is 14.8 Å². The fourth-order valence-corrected chi connectivity index (χ4v) is 1.62. The van der Waals surface area contributed by atoms with Gasteiger partial charge in [-0.05, 0) is 6.92 Å². The first-order chi connectivity index (χ1) is 9.72. The third-order valence-electron chi connectivity index (χ3n) is 2.45. The molecule has 0 atom stereocenters. The van der Waals surface area contributed by atoms with E-state index in [1.807, 2.05) is 6.92 Å². The molecular formula is C10H14N8O2. The summed E-state index contributed by atoms with van der Waals surface area (Å²) < 4.78 is 1.62. The maximum atomic E-state index is 11.1. The molecule has 0 amide bonds. The molecule has 20 heavy (non-hydrogen) atoms. The summed E-state index contributed by atoms with van der Waals surface area (Å²) in [5.74, 6) is 0.386. The van der Waals surface area contributed by atoms with Crippen LogP contribution in [0.15, 0.2) is 18.7 Å². The number of nitrogens with zero attached hydrogens (tertiary/aromatic N) is 6. The molecule has 106 valence electrons. The first-order valence-electron chi connectivity index (χ1n) is 6.03. The predicted octanol–water partition coefficient (Wildman–Crippen LogP) is 0.520. The number of nitrogens with one attached hydrogen (secondary N) is 2. The van der Waals surface area contributed by atoms with Crippen LogP contribution in [-0.2, 0) is 6.54 Å². The molecule has 0 fully saturated rings. The molecule has 2 aromatic rings. The normalized spacial score (nSPS) is 10.2. The Kier molecular flexibility index (Phi) is 4.37. The highest BCUT2D eigenvalue weighted by Crippen LogP contribution is 2.28. The molecule has 0 aliphatic rings. The number of hydrogen-bond donors (Lipinski definition) is 2. The van der Waals surface area contributed by atoms with Crippen LogP contribution in [0.2, 0.25) is 0 Å². The van der Waals surface area contributed by atoms with E-state index in [1.54, 1.807) is 17.1 Å². The maximum absolute atomic E-state index is 11.1. The Morgan fingerprint density at radius 1 is 1.35 bits per heavy atom. The van der Waals surface area contributed by atoms with Gasteiger partial charge >= 0.3 is 5.69 Å². The van der Waals surface area contributed by atoms with Crippen LogP contribution in [-0.4, -0.2) is 43.0 Å². The number of anilines is 2. The van der Waals surface area contributed by atoms with E-state index < -0.39 is 4.92 Å². The van der Waals surface area contributed by atoms with Gasteiger partial charge in [-0.25, -0.2) is 9.97 Å². The SMILES string of the molecule is CCNc1ncnc(NCCn2ccnn2)c1[N+](=O)[O-]. The molecule has 0 saturated heterocycles. The van der Waals surface area contributed by atoms with Crippen LogP contribution in [0, 0.1) is 10.1 Å². The zero-order valence-corrected chi connectivity index (χ0v) is 10.9. The number of aromatic nitrogens is 5. The molecular weight excluding hydrogens is 264 g/mol. The quantitative estimate of drug-likeness (QED) is 0.555. The van der Waals surface area contributed by atoms with Crippen LogP contribution in [0.25, 0.3) is 0 Å². The standard InChI is InChI=1S/C10H14N8O2/c1-2-11-9-8(18(19)20)10(14-7-13-9)12-3-5-17-6-4-15-16-17/h4,6-7H,2-3,5H2,1H3,(H2,11,12,13,14). The fraction of sp³-hybridized carbons (Fsp3) is 0.400. The van der Waals surface area contributed by atoms with Crippen molar-refractivity contribution >= 4 is 17.3 Å². The molecule has 2 aromatic heterocycles. The van der Waals surface area contributed by atoms with Crippen molar-refractivity contribution in [1.82, 2.24) is 25.0 Å². The van der Waals surface area contributed by atoms with Gasteiger partial charge in [0.05, 0.1) is 17.7 Å². The van der Waals surface area contributed by atoms with E-state index in [1.165, 1.54) is 6.33 Å². The lowest BCUT2D eigenvalue weighted by Crippen LogP contribution is -2.14. The Balaban J connectivity index is 2.09. The van der Waals surface area contributed by atoms with E-state index in [0.29, 0.717) is 19.6 Å². The molecule has 0 unspecified atom stereocenters. The summed E-state index contributed by atoms with van der Waals surface area (Å²) in [5, 5.41) is 24.4. The molecule has 0 radical (unpaired) electrons. The fourth-order valence-electron chi connectivity index (χ4n) is 1.62. The van der Waals surface area contributed by atoms with Crippen molar-refractivity contribution in [2.24, 2.45) is 0 Å². The average molecular weight is 278 g/mol. The van der Waals surface area contributed by atoms with Crippen LogP contribution in [0.3, 0.4) is 0 Å². The Bertz CT molecular complexity index is 571. The first kappa shape index (κ1) is 13.6. The van der Waals surface area contributed by atoms with Crippen LogP contribution in [0.4, 0.5) is 17.3 Å². The Hall–Kier alpha value is -2.78. The van der Waals surface area contributed by atoms with Gasteiger partial charge in [0.1, 0.15) is 6.33 Å². The average Bonchev–Trinajstić information content (AvgIpc) is 2.92. The second-order valence-corrected chi connectivity index (χ2v) is 3.80. The van der Waals surface area contributed by atoms with Crippen LogP contribution in [0.1, 0.15) is 6.92 Å². The van der Waals surface area contributed by atoms with Crippen molar-refractivity contribution in [2.75, 3.05) is 23.7 Å². The third-order valence-corrected chi connectivity index (χ3v) is 2.45. The van der Waals surface area contributed by atoms with E-state index in [2.05, 4.69) is 30.9 Å². The van der Waals surface area contributed by atoms with Crippen molar-refractivity contribution in [3.63, 3.8) is 0 Å². The minimum absolute atomic E-state index is 0.159. The summed E-state index contributed by atoms with van der Waals surface area (Å²) >= 11 is 0. The maximum Gasteiger partial charge on any atom is 0.353 e. The second kappa shape index (κ2) is 6.41. The lowest BCUT2D eigenvalue weighted by atomic mass is 10.4. The van der Waals surface area contributed by atoms with Crippen LogP contribution < -0.4 is 10.6 Å². The molecule has 2 rings (SSSR count).